The lowest BCUT2D eigenvalue weighted by molar-refractivity contribution is -0.314. The summed E-state index contributed by atoms with van der Waals surface area (Å²) in [6.07, 6.45) is -7.85. The lowest BCUT2D eigenvalue weighted by atomic mass is 9.99. The molecule has 0 amide bonds. The van der Waals surface area contributed by atoms with Crippen LogP contribution in [-0.4, -0.2) is 91.3 Å². The van der Waals surface area contributed by atoms with E-state index in [4.69, 9.17) is 28.4 Å². The number of ether oxygens (including phenoxy) is 6. The molecule has 5 atom stereocenters. The summed E-state index contributed by atoms with van der Waals surface area (Å²) in [4.78, 5) is 0. The van der Waals surface area contributed by atoms with Gasteiger partial charge in [0.15, 0.2) is 6.29 Å². The molecule has 0 saturated carbocycles. The molecule has 4 N–H and O–H groups in total. The van der Waals surface area contributed by atoms with Gasteiger partial charge in [-0.2, -0.15) is 0 Å². The van der Waals surface area contributed by atoms with Crippen molar-refractivity contribution in [1.29, 1.82) is 0 Å². The van der Waals surface area contributed by atoms with Gasteiger partial charge in [-0.25, -0.2) is 0 Å². The van der Waals surface area contributed by atoms with Crippen molar-refractivity contribution in [2.75, 3.05) is 34.0 Å². The Morgan fingerprint density at radius 2 is 1.10 bits per heavy atom. The van der Waals surface area contributed by atoms with E-state index >= 15 is 0 Å². The third-order valence-electron chi connectivity index (χ3n) is 7.08. The van der Waals surface area contributed by atoms with Crippen LogP contribution in [0.2, 0.25) is 0 Å². The second-order valence-electron chi connectivity index (χ2n) is 9.83. The van der Waals surface area contributed by atoms with Gasteiger partial charge in [0, 0.05) is 0 Å². The molecule has 41 heavy (non-hydrogen) atoms. The zero-order valence-corrected chi connectivity index (χ0v) is 22.8. The Labute approximate surface area is 237 Å². The van der Waals surface area contributed by atoms with Gasteiger partial charge >= 0.3 is 0 Å². The van der Waals surface area contributed by atoms with Gasteiger partial charge in [-0.3, -0.25) is 0 Å². The summed E-state index contributed by atoms with van der Waals surface area (Å²) in [5.74, 6) is 2.59. The quantitative estimate of drug-likeness (QED) is 0.215. The van der Waals surface area contributed by atoms with Crippen molar-refractivity contribution in [2.24, 2.45) is 0 Å². The van der Waals surface area contributed by atoms with Gasteiger partial charge < -0.3 is 48.8 Å². The second kappa shape index (κ2) is 12.9. The highest BCUT2D eigenvalue weighted by atomic mass is 16.7. The number of methoxy groups -OCH3 is 2. The zero-order chi connectivity index (χ0) is 28.9. The molecule has 4 aromatic carbocycles. The van der Waals surface area contributed by atoms with Crippen LogP contribution in [0.4, 0.5) is 0 Å². The molecular weight excluding hydrogens is 532 g/mol. The second-order valence-corrected chi connectivity index (χ2v) is 9.83. The third-order valence-corrected chi connectivity index (χ3v) is 7.08. The average molecular weight is 567 g/mol. The van der Waals surface area contributed by atoms with Crippen molar-refractivity contribution in [3.8, 4) is 23.0 Å². The standard InChI is InChI=1S/C31H34O10/c1-36-22-7-3-18-5-9-24(13-20(18)11-22)38-16-26(40-31-30(35)29(34)28(33)27(15-32)41-31)17-39-25-10-6-19-4-8-23(37-2)12-21(19)14-25/h3-14,26-35H,15-17H2,1-2H3/t27-,28-,29+,30+,31+/m1/s1. The monoisotopic (exact) mass is 566 g/mol. The molecule has 218 valence electrons. The van der Waals surface area contributed by atoms with Gasteiger partial charge in [0.25, 0.3) is 0 Å². The van der Waals surface area contributed by atoms with Crippen LogP contribution in [0.5, 0.6) is 23.0 Å². The predicted molar refractivity (Wildman–Crippen MR) is 151 cm³/mol. The zero-order valence-electron chi connectivity index (χ0n) is 22.8. The highest BCUT2D eigenvalue weighted by Gasteiger charge is 2.45. The predicted octanol–water partition coefficient (Wildman–Crippen LogP) is 2.65. The fourth-order valence-corrected chi connectivity index (χ4v) is 4.71. The van der Waals surface area contributed by atoms with Crippen LogP contribution < -0.4 is 18.9 Å². The molecule has 1 saturated heterocycles. The Hall–Kier alpha value is -3.64. The molecular formula is C31H34O10. The van der Waals surface area contributed by atoms with Gasteiger partial charge in [-0.1, -0.05) is 24.3 Å². The Morgan fingerprint density at radius 1 is 0.634 bits per heavy atom. The van der Waals surface area contributed by atoms with Crippen molar-refractivity contribution in [3.63, 3.8) is 0 Å². The van der Waals surface area contributed by atoms with Gasteiger partial charge in [-0.05, 0) is 70.1 Å². The van der Waals surface area contributed by atoms with Crippen molar-refractivity contribution >= 4 is 21.5 Å². The number of fused-ring (bicyclic) bond motifs is 2. The van der Waals surface area contributed by atoms with Crippen molar-refractivity contribution in [3.05, 3.63) is 72.8 Å². The van der Waals surface area contributed by atoms with E-state index in [1.165, 1.54) is 0 Å². The first-order valence-corrected chi connectivity index (χ1v) is 13.3. The van der Waals surface area contributed by atoms with Gasteiger partial charge in [0.1, 0.15) is 66.7 Å². The van der Waals surface area contributed by atoms with E-state index in [0.717, 1.165) is 33.0 Å². The molecule has 1 heterocycles. The van der Waals surface area contributed by atoms with Crippen LogP contribution >= 0.6 is 0 Å². The Kier molecular flexibility index (Phi) is 9.09. The number of hydrogen-bond acceptors (Lipinski definition) is 10. The summed E-state index contributed by atoms with van der Waals surface area (Å²) in [6, 6.07) is 22.8. The van der Waals surface area contributed by atoms with Crippen molar-refractivity contribution in [1.82, 2.24) is 0 Å². The first kappa shape index (κ1) is 28.9. The summed E-state index contributed by atoms with van der Waals surface area (Å²) in [7, 11) is 3.21. The highest BCUT2D eigenvalue weighted by Crippen LogP contribution is 2.28. The summed E-state index contributed by atoms with van der Waals surface area (Å²) < 4.78 is 34.3. The number of benzene rings is 4. The number of rotatable bonds is 11. The lowest BCUT2D eigenvalue weighted by Crippen LogP contribution is -2.60. The molecule has 10 nitrogen and oxygen atoms in total. The minimum Gasteiger partial charge on any atom is -0.497 e. The summed E-state index contributed by atoms with van der Waals surface area (Å²) in [5, 5.41) is 44.4. The van der Waals surface area contributed by atoms with Gasteiger partial charge in [0.2, 0.25) is 0 Å². The maximum Gasteiger partial charge on any atom is 0.187 e. The smallest absolute Gasteiger partial charge is 0.187 e. The minimum absolute atomic E-state index is 0.00585. The third kappa shape index (κ3) is 6.65. The fourth-order valence-electron chi connectivity index (χ4n) is 4.71. The number of hydrogen-bond donors (Lipinski definition) is 4. The number of aliphatic hydroxyl groups is 4. The van der Waals surface area contributed by atoms with Gasteiger partial charge in [0.05, 0.1) is 20.8 Å². The maximum absolute atomic E-state index is 10.5. The first-order valence-electron chi connectivity index (χ1n) is 13.3. The fraction of sp³-hybridized carbons (Fsp3) is 0.355. The summed E-state index contributed by atoms with van der Waals surface area (Å²) in [5.41, 5.74) is 0. The Bertz CT molecular complexity index is 1370. The van der Waals surface area contributed by atoms with Crippen LogP contribution in [0.3, 0.4) is 0 Å². The van der Waals surface area contributed by atoms with Crippen LogP contribution in [0.15, 0.2) is 72.8 Å². The molecule has 0 aliphatic carbocycles. The molecule has 1 fully saturated rings. The van der Waals surface area contributed by atoms with E-state index in [9.17, 15) is 20.4 Å². The lowest BCUT2D eigenvalue weighted by Gasteiger charge is -2.40. The molecule has 0 unspecified atom stereocenters. The normalized spacial score (nSPS) is 22.7. The maximum atomic E-state index is 10.5. The molecule has 4 aromatic rings. The molecule has 0 aromatic heterocycles. The van der Waals surface area contributed by atoms with Crippen LogP contribution in [-0.2, 0) is 9.47 Å². The molecule has 1 aliphatic rings. The SMILES string of the molecule is COc1ccc2ccc(OCC(COc3ccc4ccc(OC)cc4c3)O[C@H]3O[C@H](CO)[C@@H](O)[C@H](O)[C@@H]3O)cc2c1. The van der Waals surface area contributed by atoms with E-state index in [-0.39, 0.29) is 13.2 Å². The van der Waals surface area contributed by atoms with Crippen LogP contribution in [0.1, 0.15) is 0 Å². The Balaban J connectivity index is 1.33. The molecule has 0 spiro atoms. The van der Waals surface area contributed by atoms with Gasteiger partial charge in [-0.15, -0.1) is 0 Å². The van der Waals surface area contributed by atoms with E-state index in [2.05, 4.69) is 0 Å². The molecule has 5 rings (SSSR count). The molecule has 1 aliphatic heterocycles. The van der Waals surface area contributed by atoms with E-state index in [0.29, 0.717) is 11.5 Å². The van der Waals surface area contributed by atoms with Crippen LogP contribution in [0.25, 0.3) is 21.5 Å². The molecule has 0 bridgehead atoms. The van der Waals surface area contributed by atoms with E-state index < -0.39 is 43.4 Å². The highest BCUT2D eigenvalue weighted by molar-refractivity contribution is 5.86. The van der Waals surface area contributed by atoms with E-state index in [1.54, 1.807) is 14.2 Å². The largest absolute Gasteiger partial charge is 0.497 e. The van der Waals surface area contributed by atoms with E-state index in [1.807, 2.05) is 72.8 Å². The topological polar surface area (TPSA) is 136 Å². The first-order chi connectivity index (χ1) is 19.9. The summed E-state index contributed by atoms with van der Waals surface area (Å²) in [6.45, 7) is -0.554. The van der Waals surface area contributed by atoms with Crippen molar-refractivity contribution < 1.29 is 48.8 Å². The number of aliphatic hydroxyl groups excluding tert-OH is 4. The summed E-state index contributed by atoms with van der Waals surface area (Å²) >= 11 is 0. The van der Waals surface area contributed by atoms with Crippen LogP contribution in [0, 0.1) is 0 Å². The molecule has 0 radical (unpaired) electrons. The minimum atomic E-state index is -1.57. The average Bonchev–Trinajstić information content (AvgIpc) is 3.01. The van der Waals surface area contributed by atoms with Crippen molar-refractivity contribution in [2.45, 2.75) is 36.8 Å². The molecule has 10 heteroatoms. The Morgan fingerprint density at radius 3 is 1.56 bits per heavy atom.